The van der Waals surface area contributed by atoms with Crippen LogP contribution in [-0.4, -0.2) is 55.2 Å². The maximum Gasteiger partial charge on any atom is 0.253 e. The molecule has 8 heteroatoms. The maximum atomic E-state index is 13.5. The van der Waals surface area contributed by atoms with Crippen molar-refractivity contribution in [2.45, 2.75) is 58.9 Å². The summed E-state index contributed by atoms with van der Waals surface area (Å²) in [7, 11) is 5.33. The molecule has 1 aliphatic heterocycles. The summed E-state index contributed by atoms with van der Waals surface area (Å²) in [5.74, 6) is 0.140. The third-order valence-electron chi connectivity index (χ3n) is 6.49. The second kappa shape index (κ2) is 10.2. The van der Waals surface area contributed by atoms with Crippen molar-refractivity contribution < 1.29 is 14.7 Å². The van der Waals surface area contributed by atoms with E-state index in [0.29, 0.717) is 23.2 Å². The Bertz CT molecular complexity index is 1170. The molecule has 3 rings (SSSR count). The number of amidine groups is 1. The Balaban J connectivity index is 0.00000456. The molecule has 2 aromatic carbocycles. The molecule has 0 saturated carbocycles. The van der Waals surface area contributed by atoms with Crippen molar-refractivity contribution in [2.75, 3.05) is 32.6 Å². The van der Waals surface area contributed by atoms with Gasteiger partial charge in [-0.15, -0.1) is 17.0 Å². The second-order valence-corrected chi connectivity index (χ2v) is 11.5. The molecule has 2 aromatic rings. The van der Waals surface area contributed by atoms with Gasteiger partial charge in [-0.1, -0.05) is 41.5 Å². The average molecular weight is 560 g/mol. The number of aromatic hydroxyl groups is 1. The summed E-state index contributed by atoms with van der Waals surface area (Å²) in [5.41, 5.74) is 4.17. The lowest BCUT2D eigenvalue weighted by molar-refractivity contribution is 0.0955. The molecule has 0 bridgehead atoms. The van der Waals surface area contributed by atoms with Crippen LogP contribution in [-0.2, 0) is 17.4 Å². The minimum atomic E-state index is -0.338. The van der Waals surface area contributed by atoms with Gasteiger partial charge in [-0.05, 0) is 40.7 Å². The summed E-state index contributed by atoms with van der Waals surface area (Å²) in [5, 5.41) is 22.4. The summed E-state index contributed by atoms with van der Waals surface area (Å²) >= 11 is 0. The van der Waals surface area contributed by atoms with E-state index in [4.69, 9.17) is 5.41 Å². The van der Waals surface area contributed by atoms with E-state index in [1.165, 1.54) is 0 Å². The molecule has 1 aliphatic rings. The zero-order valence-electron chi connectivity index (χ0n) is 22.8. The fraction of sp³-hybridized carbons (Fsp3) is 0.464. The lowest BCUT2D eigenvalue weighted by Gasteiger charge is -2.28. The van der Waals surface area contributed by atoms with Crippen LogP contribution in [0.15, 0.2) is 24.3 Å². The number of amides is 1. The highest BCUT2D eigenvalue weighted by molar-refractivity contribution is 8.93. The molecule has 36 heavy (non-hydrogen) atoms. The number of benzene rings is 2. The molecule has 0 unspecified atom stereocenters. The Kier molecular flexibility index (Phi) is 8.36. The molecule has 0 saturated heterocycles. The fourth-order valence-electron chi connectivity index (χ4n) is 4.46. The SMILES string of the molecule is Br.CNC(=O)c1cc2c(cc1N(C)C)CN(CC(=O)c1cc(C(C)(C)C)c(O)c(C(C)(C)C)c1)C2=N. The van der Waals surface area contributed by atoms with Gasteiger partial charge < -0.3 is 20.2 Å². The molecule has 7 nitrogen and oxygen atoms in total. The van der Waals surface area contributed by atoms with Crippen LogP contribution in [0.4, 0.5) is 5.69 Å². The van der Waals surface area contributed by atoms with E-state index in [-0.39, 0.29) is 57.6 Å². The van der Waals surface area contributed by atoms with Crippen LogP contribution in [0.2, 0.25) is 0 Å². The number of rotatable bonds is 5. The van der Waals surface area contributed by atoms with Crippen molar-refractivity contribution in [3.8, 4) is 5.75 Å². The maximum absolute atomic E-state index is 13.5. The van der Waals surface area contributed by atoms with Gasteiger partial charge in [-0.25, -0.2) is 0 Å². The van der Waals surface area contributed by atoms with Gasteiger partial charge in [0.25, 0.3) is 5.91 Å². The van der Waals surface area contributed by atoms with Gasteiger partial charge in [0.15, 0.2) is 5.78 Å². The average Bonchev–Trinajstić information content (AvgIpc) is 3.05. The number of hydrogen-bond acceptors (Lipinski definition) is 5. The number of nitrogens with one attached hydrogen (secondary N) is 2. The predicted molar refractivity (Wildman–Crippen MR) is 152 cm³/mol. The first-order chi connectivity index (χ1) is 16.1. The molecule has 3 N–H and O–H groups in total. The number of phenols is 1. The molecule has 0 aliphatic carbocycles. The summed E-state index contributed by atoms with van der Waals surface area (Å²) in [4.78, 5) is 29.5. The van der Waals surface area contributed by atoms with Gasteiger partial charge in [0.2, 0.25) is 0 Å². The predicted octanol–water partition coefficient (Wildman–Crippen LogP) is 5.01. The molecule has 0 aromatic heterocycles. The van der Waals surface area contributed by atoms with Gasteiger partial charge in [-0.3, -0.25) is 15.0 Å². The van der Waals surface area contributed by atoms with Crippen LogP contribution in [0.5, 0.6) is 5.75 Å². The van der Waals surface area contributed by atoms with Crippen molar-refractivity contribution in [3.05, 3.63) is 57.6 Å². The number of carbonyl (C=O) groups is 2. The second-order valence-electron chi connectivity index (χ2n) is 11.5. The Labute approximate surface area is 225 Å². The molecular formula is C28H39BrN4O3. The first-order valence-electron chi connectivity index (χ1n) is 11.9. The molecule has 0 radical (unpaired) electrons. The van der Waals surface area contributed by atoms with E-state index < -0.39 is 0 Å². The molecular weight excluding hydrogens is 520 g/mol. The summed E-state index contributed by atoms with van der Waals surface area (Å²) in [6, 6.07) is 7.24. The van der Waals surface area contributed by atoms with E-state index in [0.717, 1.165) is 22.4 Å². The van der Waals surface area contributed by atoms with E-state index >= 15 is 0 Å². The lowest BCUT2D eigenvalue weighted by Crippen LogP contribution is -2.31. The fourth-order valence-corrected chi connectivity index (χ4v) is 4.46. The highest BCUT2D eigenvalue weighted by atomic mass is 79.9. The van der Waals surface area contributed by atoms with Crippen LogP contribution in [0, 0.1) is 5.41 Å². The van der Waals surface area contributed by atoms with E-state index in [9.17, 15) is 14.7 Å². The Morgan fingerprint density at radius 1 is 1.03 bits per heavy atom. The molecule has 1 amide bonds. The standard InChI is InChI=1S/C28H38N4O3.BrH/c1-27(2,3)20-10-16(11-21(24(20)34)28(4,5)6)23(33)15-32-14-17-12-22(31(8)9)19(26(35)30-7)13-18(17)25(32)29;/h10-13,29,34H,14-15H2,1-9H3,(H,30,35);1H. The van der Waals surface area contributed by atoms with Gasteiger partial charge in [-0.2, -0.15) is 0 Å². The third-order valence-corrected chi connectivity index (χ3v) is 6.49. The monoisotopic (exact) mass is 558 g/mol. The summed E-state index contributed by atoms with van der Waals surface area (Å²) < 4.78 is 0. The van der Waals surface area contributed by atoms with Crippen molar-refractivity contribution >= 4 is 40.2 Å². The van der Waals surface area contributed by atoms with Crippen LogP contribution in [0.25, 0.3) is 0 Å². The molecule has 0 atom stereocenters. The van der Waals surface area contributed by atoms with Gasteiger partial charge in [0.1, 0.15) is 11.6 Å². The van der Waals surface area contributed by atoms with Crippen LogP contribution < -0.4 is 10.2 Å². The third kappa shape index (κ3) is 5.59. The largest absolute Gasteiger partial charge is 0.507 e. The topological polar surface area (TPSA) is 96.7 Å². The molecule has 0 fully saturated rings. The first kappa shape index (κ1) is 29.4. The highest BCUT2D eigenvalue weighted by Gasteiger charge is 2.31. The van der Waals surface area contributed by atoms with Gasteiger partial charge >= 0.3 is 0 Å². The normalized spacial score (nSPS) is 13.2. The number of nitrogens with zero attached hydrogens (tertiary/aromatic N) is 2. The Morgan fingerprint density at radius 3 is 2.00 bits per heavy atom. The van der Waals surface area contributed by atoms with Crippen LogP contribution in [0.3, 0.4) is 0 Å². The molecule has 196 valence electrons. The summed E-state index contributed by atoms with van der Waals surface area (Å²) in [6.07, 6.45) is 0. The quantitative estimate of drug-likeness (QED) is 0.448. The minimum absolute atomic E-state index is 0. The molecule has 0 spiro atoms. The van der Waals surface area contributed by atoms with Crippen molar-refractivity contribution in [2.24, 2.45) is 0 Å². The van der Waals surface area contributed by atoms with Crippen molar-refractivity contribution in [1.29, 1.82) is 5.41 Å². The van der Waals surface area contributed by atoms with E-state index in [2.05, 4.69) is 5.32 Å². The minimum Gasteiger partial charge on any atom is -0.507 e. The van der Waals surface area contributed by atoms with E-state index in [1.807, 2.05) is 66.6 Å². The van der Waals surface area contributed by atoms with Crippen molar-refractivity contribution in [3.63, 3.8) is 0 Å². The highest BCUT2D eigenvalue weighted by Crippen LogP contribution is 2.40. The van der Waals surface area contributed by atoms with Gasteiger partial charge in [0.05, 0.1) is 12.1 Å². The Morgan fingerprint density at radius 2 is 1.56 bits per heavy atom. The molecule has 1 heterocycles. The number of halogens is 1. The first-order valence-corrected chi connectivity index (χ1v) is 11.9. The Hall–Kier alpha value is -2.87. The zero-order valence-corrected chi connectivity index (χ0v) is 24.5. The number of Topliss-reactive ketones (excluding diaryl/α,β-unsaturated/α-hetero) is 1. The number of fused-ring (bicyclic) bond motifs is 1. The van der Waals surface area contributed by atoms with Crippen molar-refractivity contribution in [1.82, 2.24) is 10.2 Å². The number of phenolic OH excluding ortho intramolecular Hbond substituents is 1. The summed E-state index contributed by atoms with van der Waals surface area (Å²) in [6.45, 7) is 12.6. The number of hydrogen-bond donors (Lipinski definition) is 3. The number of ketones is 1. The number of carbonyl (C=O) groups excluding carboxylic acids is 2. The van der Waals surface area contributed by atoms with E-state index in [1.54, 1.807) is 30.1 Å². The zero-order chi connectivity index (χ0) is 26.5. The van der Waals surface area contributed by atoms with Gasteiger partial charge in [0, 0.05) is 55.6 Å². The number of anilines is 1. The lowest BCUT2D eigenvalue weighted by atomic mass is 9.78. The van der Waals surface area contributed by atoms with Crippen LogP contribution >= 0.6 is 17.0 Å². The smallest absolute Gasteiger partial charge is 0.253 e. The van der Waals surface area contributed by atoms with Crippen LogP contribution in [0.1, 0.15) is 84.5 Å².